The molecule has 1 aromatic carbocycles. The van der Waals surface area contributed by atoms with Crippen molar-refractivity contribution in [1.82, 2.24) is 5.32 Å². The van der Waals surface area contributed by atoms with Crippen molar-refractivity contribution in [2.45, 2.75) is 19.1 Å². The Morgan fingerprint density at radius 2 is 2.21 bits per heavy atom. The molecule has 0 saturated carbocycles. The highest BCUT2D eigenvalue weighted by Gasteiger charge is 2.34. The fraction of sp³-hybridized carbons (Fsp3) is 0.312. The molecule has 4 rings (SSSR count). The average molecular weight is 345 g/mol. The first kappa shape index (κ1) is 15.1. The molecule has 0 aliphatic carbocycles. The molecule has 1 unspecified atom stereocenters. The number of nitro benzene ring substituents is 1. The second-order valence-electron chi connectivity index (χ2n) is 6.24. The Hall–Kier alpha value is -2.45. The summed E-state index contributed by atoms with van der Waals surface area (Å²) in [5, 5.41) is 18.1. The Labute approximate surface area is 142 Å². The van der Waals surface area contributed by atoms with Crippen LogP contribution in [-0.2, 0) is 13.0 Å². The number of fused-ring (bicyclic) bond motifs is 3. The van der Waals surface area contributed by atoms with Crippen molar-refractivity contribution < 1.29 is 14.6 Å². The summed E-state index contributed by atoms with van der Waals surface area (Å²) >= 11 is 1.63. The van der Waals surface area contributed by atoms with Gasteiger partial charge in [-0.3, -0.25) is 14.9 Å². The minimum absolute atomic E-state index is 0.0186. The molecule has 2 aromatic rings. The summed E-state index contributed by atoms with van der Waals surface area (Å²) in [4.78, 5) is 25.8. The third-order valence-electron chi connectivity index (χ3n) is 4.55. The van der Waals surface area contributed by atoms with Crippen LogP contribution in [0.2, 0.25) is 0 Å². The minimum atomic E-state index is -0.449. The zero-order chi connectivity index (χ0) is 16.8. The number of thiophene rings is 1. The first-order valence-corrected chi connectivity index (χ1v) is 8.62. The van der Waals surface area contributed by atoms with Crippen molar-refractivity contribution in [3.05, 3.63) is 55.9 Å². The number of nitro groups is 1. The molecule has 2 aliphatic heterocycles. The van der Waals surface area contributed by atoms with Crippen LogP contribution in [-0.4, -0.2) is 24.4 Å². The van der Waals surface area contributed by atoms with E-state index in [-0.39, 0.29) is 11.6 Å². The Kier molecular flexibility index (Phi) is 3.50. The van der Waals surface area contributed by atoms with Crippen molar-refractivity contribution >= 4 is 27.9 Å². The van der Waals surface area contributed by atoms with Gasteiger partial charge in [0.25, 0.3) is 11.6 Å². The summed E-state index contributed by atoms with van der Waals surface area (Å²) in [7, 11) is 2.15. The van der Waals surface area contributed by atoms with Crippen LogP contribution in [0.4, 0.5) is 10.7 Å². The molecule has 124 valence electrons. The summed E-state index contributed by atoms with van der Waals surface area (Å²) < 4.78 is 0. The summed E-state index contributed by atoms with van der Waals surface area (Å²) in [5.41, 5.74) is 2.61. The summed E-state index contributed by atoms with van der Waals surface area (Å²) in [6.07, 6.45) is 0.457. The van der Waals surface area contributed by atoms with Crippen LogP contribution >= 0.6 is 11.3 Å². The topological polar surface area (TPSA) is 88.7 Å². The minimum Gasteiger partial charge on any atom is -0.353 e. The van der Waals surface area contributed by atoms with Gasteiger partial charge in [-0.15, -0.1) is 11.3 Å². The van der Waals surface area contributed by atoms with Crippen LogP contribution in [0.1, 0.15) is 32.5 Å². The fourth-order valence-electron chi connectivity index (χ4n) is 3.32. The number of carbonyl (C=O) groups excluding carboxylic acids is 1. The predicted octanol–water partition coefficient (Wildman–Crippen LogP) is 1.08. The molecule has 8 heteroatoms. The molecular formula is C16H17N4O3S+. The van der Waals surface area contributed by atoms with Gasteiger partial charge in [0, 0.05) is 24.1 Å². The van der Waals surface area contributed by atoms with Gasteiger partial charge in [0.1, 0.15) is 17.7 Å². The molecular weight excluding hydrogens is 328 g/mol. The van der Waals surface area contributed by atoms with Crippen LogP contribution in [0.15, 0.2) is 24.3 Å². The van der Waals surface area contributed by atoms with Gasteiger partial charge in [0.15, 0.2) is 0 Å². The maximum absolute atomic E-state index is 12.6. The van der Waals surface area contributed by atoms with Crippen LogP contribution in [0.3, 0.4) is 0 Å². The predicted molar refractivity (Wildman–Crippen MR) is 90.4 cm³/mol. The van der Waals surface area contributed by atoms with E-state index in [1.807, 2.05) is 0 Å². The van der Waals surface area contributed by atoms with Crippen molar-refractivity contribution in [1.29, 1.82) is 0 Å². The number of amides is 1. The van der Waals surface area contributed by atoms with E-state index in [1.54, 1.807) is 23.5 Å². The average Bonchev–Trinajstić information content (AvgIpc) is 2.92. The number of rotatable bonds is 2. The second kappa shape index (κ2) is 5.57. The zero-order valence-electron chi connectivity index (χ0n) is 13.1. The Balaban J connectivity index is 1.68. The van der Waals surface area contributed by atoms with Crippen molar-refractivity contribution in [3.8, 4) is 0 Å². The summed E-state index contributed by atoms with van der Waals surface area (Å²) in [6.45, 7) is 1.96. The van der Waals surface area contributed by atoms with E-state index in [9.17, 15) is 14.9 Å². The van der Waals surface area contributed by atoms with Gasteiger partial charge in [-0.25, -0.2) is 0 Å². The lowest BCUT2D eigenvalue weighted by Crippen LogP contribution is -3.08. The number of non-ortho nitro benzene ring substituents is 1. The van der Waals surface area contributed by atoms with E-state index in [0.29, 0.717) is 5.56 Å². The van der Waals surface area contributed by atoms with E-state index in [1.165, 1.54) is 21.9 Å². The quantitative estimate of drug-likeness (QED) is 0.561. The van der Waals surface area contributed by atoms with E-state index in [2.05, 4.69) is 17.7 Å². The number of benzene rings is 1. The molecule has 0 spiro atoms. The van der Waals surface area contributed by atoms with Gasteiger partial charge in [-0.05, 0) is 5.56 Å². The molecule has 3 heterocycles. The van der Waals surface area contributed by atoms with Gasteiger partial charge in [-0.2, -0.15) is 0 Å². The maximum atomic E-state index is 12.6. The highest BCUT2D eigenvalue weighted by Crippen LogP contribution is 2.39. The van der Waals surface area contributed by atoms with E-state index in [4.69, 9.17) is 0 Å². The van der Waals surface area contributed by atoms with Crippen molar-refractivity contribution in [3.63, 3.8) is 0 Å². The number of quaternary nitrogens is 1. The SMILES string of the molecule is C[NH+]1CCc2c(sc3c2C(=O)N[C@H](c2cccc([N+](=O)[O-])c2)N3)C1. The van der Waals surface area contributed by atoms with Crippen molar-refractivity contribution in [2.24, 2.45) is 0 Å². The molecule has 1 aromatic heterocycles. The lowest BCUT2D eigenvalue weighted by molar-refractivity contribution is -0.895. The highest BCUT2D eigenvalue weighted by molar-refractivity contribution is 7.16. The number of hydrogen-bond donors (Lipinski definition) is 3. The molecule has 2 atom stereocenters. The molecule has 2 aliphatic rings. The molecule has 7 nitrogen and oxygen atoms in total. The number of nitrogens with zero attached hydrogens (tertiary/aromatic N) is 1. The fourth-order valence-corrected chi connectivity index (χ4v) is 4.70. The van der Waals surface area contributed by atoms with E-state index < -0.39 is 11.1 Å². The Morgan fingerprint density at radius 3 is 3.00 bits per heavy atom. The monoisotopic (exact) mass is 345 g/mol. The Morgan fingerprint density at radius 1 is 1.38 bits per heavy atom. The first-order valence-electron chi connectivity index (χ1n) is 7.80. The van der Waals surface area contributed by atoms with Gasteiger partial charge < -0.3 is 15.5 Å². The second-order valence-corrected chi connectivity index (χ2v) is 7.35. The molecule has 0 radical (unpaired) electrons. The van der Waals surface area contributed by atoms with Gasteiger partial charge in [0.05, 0.1) is 29.0 Å². The molecule has 24 heavy (non-hydrogen) atoms. The number of hydrogen-bond acceptors (Lipinski definition) is 5. The van der Waals surface area contributed by atoms with Crippen LogP contribution < -0.4 is 15.5 Å². The Bertz CT molecular complexity index is 848. The largest absolute Gasteiger partial charge is 0.353 e. The lowest BCUT2D eigenvalue weighted by Gasteiger charge is -2.26. The molecule has 0 saturated heterocycles. The van der Waals surface area contributed by atoms with Crippen molar-refractivity contribution in [2.75, 3.05) is 18.9 Å². The molecule has 3 N–H and O–H groups in total. The number of likely N-dealkylation sites (N-methyl/N-ethyl adjacent to an activating group) is 1. The smallest absolute Gasteiger partial charge is 0.269 e. The first-order chi connectivity index (χ1) is 11.5. The molecule has 0 fully saturated rings. The third-order valence-corrected chi connectivity index (χ3v) is 5.71. The standard InChI is InChI=1S/C16H16N4O3S/c1-19-6-5-11-12(8-19)24-16-13(11)15(21)17-14(18-16)9-3-2-4-10(7-9)20(22)23/h2-4,7,14,18H,5-6,8H2,1H3,(H,17,21)/p+1/t14-/m0/s1. The number of carbonyl (C=O) groups is 1. The number of nitrogens with one attached hydrogen (secondary N) is 3. The third kappa shape index (κ3) is 2.44. The van der Waals surface area contributed by atoms with Crippen LogP contribution in [0, 0.1) is 10.1 Å². The number of anilines is 1. The normalized spacial score (nSPS) is 22.1. The lowest BCUT2D eigenvalue weighted by atomic mass is 10.0. The summed E-state index contributed by atoms with van der Waals surface area (Å²) in [5.74, 6) is -0.0997. The van der Waals surface area contributed by atoms with Crippen LogP contribution in [0.5, 0.6) is 0 Å². The molecule has 0 bridgehead atoms. The summed E-state index contributed by atoms with van der Waals surface area (Å²) in [6, 6.07) is 6.35. The van der Waals surface area contributed by atoms with Gasteiger partial charge in [-0.1, -0.05) is 12.1 Å². The highest BCUT2D eigenvalue weighted by atomic mass is 32.1. The zero-order valence-corrected chi connectivity index (χ0v) is 13.9. The van der Waals surface area contributed by atoms with Crippen LogP contribution in [0.25, 0.3) is 0 Å². The molecule has 1 amide bonds. The van der Waals surface area contributed by atoms with E-state index >= 15 is 0 Å². The maximum Gasteiger partial charge on any atom is 0.269 e. The van der Waals surface area contributed by atoms with Gasteiger partial charge in [0.2, 0.25) is 0 Å². The van der Waals surface area contributed by atoms with Gasteiger partial charge >= 0.3 is 0 Å². The van der Waals surface area contributed by atoms with E-state index in [0.717, 1.165) is 35.6 Å².